The summed E-state index contributed by atoms with van der Waals surface area (Å²) in [5.41, 5.74) is 6.46. The Bertz CT molecular complexity index is 887. The van der Waals surface area contributed by atoms with Crippen molar-refractivity contribution in [3.05, 3.63) is 29.8 Å². The first kappa shape index (κ1) is 39.5. The van der Waals surface area contributed by atoms with Crippen LogP contribution in [-0.4, -0.2) is 68.0 Å². The second-order valence-corrected chi connectivity index (χ2v) is 17.0. The molecule has 0 fully saturated rings. The van der Waals surface area contributed by atoms with Crippen LogP contribution in [0.25, 0.3) is 0 Å². The van der Waals surface area contributed by atoms with Crippen LogP contribution in [0.1, 0.15) is 74.3 Å². The lowest BCUT2D eigenvalue weighted by Gasteiger charge is -2.38. The van der Waals surface area contributed by atoms with Crippen LogP contribution in [0.3, 0.4) is 0 Å². The van der Waals surface area contributed by atoms with Crippen molar-refractivity contribution < 1.29 is 38.5 Å². The van der Waals surface area contributed by atoms with E-state index in [1.54, 1.807) is 7.11 Å². The molecule has 11 heteroatoms. The maximum atomic E-state index is 11.9. The summed E-state index contributed by atoms with van der Waals surface area (Å²) >= 11 is 0. The molecule has 0 saturated heterocycles. The molecule has 0 aromatic heterocycles. The van der Waals surface area contributed by atoms with Crippen molar-refractivity contribution in [3.63, 3.8) is 0 Å². The van der Waals surface area contributed by atoms with E-state index >= 15 is 0 Å². The van der Waals surface area contributed by atoms with Gasteiger partial charge in [-0.2, -0.15) is 0 Å². The molecule has 0 bridgehead atoms. The molecule has 3 atom stereocenters. The summed E-state index contributed by atoms with van der Waals surface area (Å²) in [5.74, 6) is -1.06. The van der Waals surface area contributed by atoms with Crippen molar-refractivity contribution in [2.24, 2.45) is 11.7 Å². The smallest absolute Gasteiger partial charge is 0.408 e. The summed E-state index contributed by atoms with van der Waals surface area (Å²) < 4.78 is 16.4. The minimum absolute atomic E-state index is 0.126. The molecule has 0 unspecified atom stereocenters. The summed E-state index contributed by atoms with van der Waals surface area (Å²) in [4.78, 5) is 31.7. The van der Waals surface area contributed by atoms with E-state index in [4.69, 9.17) is 34.6 Å². The van der Waals surface area contributed by atoms with Gasteiger partial charge in [0, 0.05) is 13.0 Å². The average molecular weight is 587 g/mol. The molecular formula is C29H54N2O8Si. The van der Waals surface area contributed by atoms with E-state index < -0.39 is 32.0 Å². The minimum atomic E-state index is -1.86. The van der Waals surface area contributed by atoms with E-state index in [2.05, 4.69) is 39.2 Å². The third-order valence-electron chi connectivity index (χ3n) is 6.25. The number of alkyl carbamates (subject to hydrolysis) is 1. The fourth-order valence-corrected chi connectivity index (χ4v) is 3.78. The summed E-state index contributed by atoms with van der Waals surface area (Å²) in [6.07, 6.45) is 0.778. The molecule has 0 saturated carbocycles. The Morgan fingerprint density at radius 3 is 1.82 bits per heavy atom. The van der Waals surface area contributed by atoms with Crippen LogP contribution >= 0.6 is 0 Å². The number of carbonyl (C=O) groups excluding carboxylic acids is 1. The molecule has 40 heavy (non-hydrogen) atoms. The van der Waals surface area contributed by atoms with Crippen LogP contribution in [0.5, 0.6) is 5.75 Å². The van der Waals surface area contributed by atoms with Crippen LogP contribution in [-0.2, 0) is 25.2 Å². The van der Waals surface area contributed by atoms with E-state index in [9.17, 15) is 9.59 Å². The lowest BCUT2D eigenvalue weighted by atomic mass is 9.97. The molecule has 5 N–H and O–H groups in total. The lowest BCUT2D eigenvalue weighted by Crippen LogP contribution is -2.53. The SMILES string of the molecule is CC(=O)O.CC[C@@H](Cc1ccc(OC)cc1)C(=O)O.C[C@@H](N)[C@@H](CO[Si](C)(C)C(C)(C)C)NC(=O)OC(C)(C)C. The van der Waals surface area contributed by atoms with Gasteiger partial charge in [-0.15, -0.1) is 0 Å². The van der Waals surface area contributed by atoms with E-state index in [0.29, 0.717) is 19.4 Å². The Balaban J connectivity index is 0. The van der Waals surface area contributed by atoms with Gasteiger partial charge in [0.2, 0.25) is 0 Å². The monoisotopic (exact) mass is 586 g/mol. The van der Waals surface area contributed by atoms with Crippen LogP contribution in [0, 0.1) is 5.92 Å². The van der Waals surface area contributed by atoms with Crippen molar-refractivity contribution in [2.45, 2.75) is 111 Å². The lowest BCUT2D eigenvalue weighted by molar-refractivity contribution is -0.141. The highest BCUT2D eigenvalue weighted by Gasteiger charge is 2.38. The van der Waals surface area contributed by atoms with Crippen LogP contribution in [0.4, 0.5) is 4.79 Å². The largest absolute Gasteiger partial charge is 0.497 e. The number of nitrogens with two attached hydrogens (primary N) is 1. The molecule has 10 nitrogen and oxygen atoms in total. The number of rotatable bonds is 10. The highest BCUT2D eigenvalue weighted by atomic mass is 28.4. The molecule has 0 aliphatic carbocycles. The van der Waals surface area contributed by atoms with Crippen molar-refractivity contribution >= 4 is 26.3 Å². The van der Waals surface area contributed by atoms with Crippen molar-refractivity contribution in [3.8, 4) is 5.75 Å². The van der Waals surface area contributed by atoms with Gasteiger partial charge in [0.15, 0.2) is 8.32 Å². The number of carboxylic acid groups (broad SMARTS) is 2. The van der Waals surface area contributed by atoms with Crippen LogP contribution in [0.15, 0.2) is 24.3 Å². The molecule has 1 aromatic carbocycles. The van der Waals surface area contributed by atoms with Gasteiger partial charge in [0.05, 0.1) is 25.7 Å². The van der Waals surface area contributed by atoms with Gasteiger partial charge in [-0.1, -0.05) is 39.8 Å². The Labute approximate surface area is 242 Å². The fraction of sp³-hybridized carbons (Fsp3) is 0.690. The molecule has 0 aliphatic rings. The quantitative estimate of drug-likeness (QED) is 0.253. The third kappa shape index (κ3) is 18.6. The number of nitrogens with one attached hydrogen (secondary N) is 1. The number of carboxylic acids is 2. The number of ether oxygens (including phenoxy) is 2. The van der Waals surface area contributed by atoms with E-state index in [1.165, 1.54) is 0 Å². The number of carbonyl (C=O) groups is 3. The van der Waals surface area contributed by atoms with Gasteiger partial charge >= 0.3 is 12.1 Å². The van der Waals surface area contributed by atoms with Gasteiger partial charge in [-0.3, -0.25) is 9.59 Å². The third-order valence-corrected chi connectivity index (χ3v) is 10.8. The zero-order valence-electron chi connectivity index (χ0n) is 26.6. The Hall–Kier alpha value is -2.63. The maximum absolute atomic E-state index is 11.9. The van der Waals surface area contributed by atoms with Gasteiger partial charge in [0.1, 0.15) is 11.4 Å². The number of methoxy groups -OCH3 is 1. The highest BCUT2D eigenvalue weighted by Crippen LogP contribution is 2.36. The summed E-state index contributed by atoms with van der Waals surface area (Å²) in [5, 5.41) is 19.3. The molecule has 0 aliphatic heterocycles. The Kier molecular flexibility index (Phi) is 17.7. The van der Waals surface area contributed by atoms with Gasteiger partial charge < -0.3 is 35.2 Å². The predicted octanol–water partition coefficient (Wildman–Crippen LogP) is 5.69. The molecular weight excluding hydrogens is 532 g/mol. The van der Waals surface area contributed by atoms with E-state index in [1.807, 2.05) is 58.9 Å². The van der Waals surface area contributed by atoms with Crippen LogP contribution < -0.4 is 15.8 Å². The maximum Gasteiger partial charge on any atom is 0.408 e. The second-order valence-electron chi connectivity index (χ2n) is 12.2. The van der Waals surface area contributed by atoms with Gasteiger partial charge in [-0.05, 0) is 76.4 Å². The topological polar surface area (TPSA) is 157 Å². The first-order chi connectivity index (χ1) is 18.1. The first-order valence-electron chi connectivity index (χ1n) is 13.5. The second kappa shape index (κ2) is 17.9. The molecule has 1 rings (SSSR count). The molecule has 1 amide bonds. The molecule has 232 valence electrons. The number of benzene rings is 1. The molecule has 0 radical (unpaired) electrons. The van der Waals surface area contributed by atoms with Crippen molar-refractivity contribution in [1.82, 2.24) is 5.32 Å². The number of hydrogen-bond donors (Lipinski definition) is 4. The summed E-state index contributed by atoms with van der Waals surface area (Å²) in [6, 6.07) is 7.05. The summed E-state index contributed by atoms with van der Waals surface area (Å²) in [6.45, 7) is 21.6. The number of amides is 1. The average Bonchev–Trinajstić information content (AvgIpc) is 2.78. The van der Waals surface area contributed by atoms with Gasteiger partial charge in [0.25, 0.3) is 5.97 Å². The first-order valence-corrected chi connectivity index (χ1v) is 16.4. The minimum Gasteiger partial charge on any atom is -0.497 e. The number of aliphatic carboxylic acids is 2. The van der Waals surface area contributed by atoms with Crippen molar-refractivity contribution in [2.75, 3.05) is 13.7 Å². The molecule has 0 spiro atoms. The zero-order chi connectivity index (χ0) is 31.9. The van der Waals surface area contributed by atoms with Crippen LogP contribution in [0.2, 0.25) is 18.1 Å². The zero-order valence-corrected chi connectivity index (χ0v) is 27.6. The standard InChI is InChI=1S/C15H34N2O3Si.C12H16O3.C2H4O2/c1-11(16)12(17-13(18)20-14(2,3)4)10-19-21(8,9)15(5,6)7;1-3-10(12(13)14)8-9-4-6-11(15-2)7-5-9;1-2(3)4/h11-12H,10,16H2,1-9H3,(H,17,18);4-7,10H,3,8H2,1-2H3,(H,13,14);1H3,(H,3,4)/t11-,12-;10-;/m10./s1. The number of hydrogen-bond acceptors (Lipinski definition) is 7. The van der Waals surface area contributed by atoms with Gasteiger partial charge in [-0.25, -0.2) is 4.79 Å². The molecule has 1 aromatic rings. The highest BCUT2D eigenvalue weighted by molar-refractivity contribution is 6.74. The predicted molar refractivity (Wildman–Crippen MR) is 161 cm³/mol. The Morgan fingerprint density at radius 1 is 1.02 bits per heavy atom. The van der Waals surface area contributed by atoms with E-state index in [0.717, 1.165) is 18.2 Å². The fourth-order valence-electron chi connectivity index (χ4n) is 2.75. The normalized spacial score (nSPS) is 13.7. The van der Waals surface area contributed by atoms with E-state index in [-0.39, 0.29) is 23.0 Å². The summed E-state index contributed by atoms with van der Waals surface area (Å²) in [7, 11) is -0.247. The molecule has 0 heterocycles. The van der Waals surface area contributed by atoms with Crippen molar-refractivity contribution in [1.29, 1.82) is 0 Å². The Morgan fingerprint density at radius 2 is 1.50 bits per heavy atom.